The lowest BCUT2D eigenvalue weighted by molar-refractivity contribution is 0.137. The normalized spacial score (nSPS) is 25.6. The zero-order chi connectivity index (χ0) is 11.5. The molecule has 0 aliphatic heterocycles. The van der Waals surface area contributed by atoms with Gasteiger partial charge in [0.15, 0.2) is 0 Å². The van der Waals surface area contributed by atoms with E-state index in [1.165, 1.54) is 6.42 Å². The summed E-state index contributed by atoms with van der Waals surface area (Å²) in [6.07, 6.45) is 4.06. The predicted molar refractivity (Wildman–Crippen MR) is 70.0 cm³/mol. The zero-order valence-corrected chi connectivity index (χ0v) is 10.6. The average molecular weight is 258 g/mol. The number of aliphatic hydroxyl groups excluding tert-OH is 1. The summed E-state index contributed by atoms with van der Waals surface area (Å²) in [6, 6.07) is 5.49. The highest BCUT2D eigenvalue weighted by Crippen LogP contribution is 2.37. The molecule has 2 atom stereocenters. The van der Waals surface area contributed by atoms with Crippen molar-refractivity contribution in [1.82, 2.24) is 0 Å². The van der Waals surface area contributed by atoms with E-state index < -0.39 is 0 Å². The van der Waals surface area contributed by atoms with E-state index >= 15 is 0 Å². The van der Waals surface area contributed by atoms with Gasteiger partial charge in [-0.2, -0.15) is 0 Å². The summed E-state index contributed by atoms with van der Waals surface area (Å²) >= 11 is 7.76. The van der Waals surface area contributed by atoms with Crippen LogP contribution in [0, 0.1) is 0 Å². The number of anilines is 1. The topological polar surface area (TPSA) is 46.2 Å². The van der Waals surface area contributed by atoms with Crippen LogP contribution in [0.3, 0.4) is 0 Å². The van der Waals surface area contributed by atoms with Gasteiger partial charge >= 0.3 is 0 Å². The predicted octanol–water partition coefficient (Wildman–Crippen LogP) is 3.32. The highest BCUT2D eigenvalue weighted by atomic mass is 35.5. The standard InChI is InChI=1S/C12H16ClNOS/c13-9-6-5-8(14)7-12(9)16-11-4-2-1-3-10(11)15/h5-7,10-11,15H,1-4,14H2. The molecule has 1 fully saturated rings. The largest absolute Gasteiger partial charge is 0.399 e. The zero-order valence-electron chi connectivity index (χ0n) is 9.03. The number of thioether (sulfide) groups is 1. The van der Waals surface area contributed by atoms with E-state index in [2.05, 4.69) is 0 Å². The van der Waals surface area contributed by atoms with Crippen molar-refractivity contribution in [2.45, 2.75) is 41.9 Å². The summed E-state index contributed by atoms with van der Waals surface area (Å²) in [6.45, 7) is 0. The van der Waals surface area contributed by atoms with Gasteiger partial charge in [0.05, 0.1) is 11.1 Å². The van der Waals surface area contributed by atoms with Crippen molar-refractivity contribution in [2.24, 2.45) is 0 Å². The molecule has 88 valence electrons. The van der Waals surface area contributed by atoms with Crippen molar-refractivity contribution in [1.29, 1.82) is 0 Å². The van der Waals surface area contributed by atoms with Gasteiger partial charge in [-0.15, -0.1) is 11.8 Å². The van der Waals surface area contributed by atoms with Crippen LogP contribution in [0.4, 0.5) is 5.69 Å². The van der Waals surface area contributed by atoms with Crippen LogP contribution in [0.2, 0.25) is 5.02 Å². The van der Waals surface area contributed by atoms with E-state index in [1.54, 1.807) is 17.8 Å². The summed E-state index contributed by atoms with van der Waals surface area (Å²) in [5.74, 6) is 0. The SMILES string of the molecule is Nc1ccc(Cl)c(SC2CCCCC2O)c1. The van der Waals surface area contributed by atoms with Gasteiger partial charge in [0.25, 0.3) is 0 Å². The molecule has 1 aliphatic carbocycles. The highest BCUT2D eigenvalue weighted by molar-refractivity contribution is 8.00. The molecule has 1 aromatic rings. The molecule has 1 aliphatic rings. The number of hydrogen-bond acceptors (Lipinski definition) is 3. The van der Waals surface area contributed by atoms with Crippen LogP contribution in [-0.4, -0.2) is 16.5 Å². The highest BCUT2D eigenvalue weighted by Gasteiger charge is 2.24. The maximum Gasteiger partial charge on any atom is 0.0662 e. The van der Waals surface area contributed by atoms with Crippen molar-refractivity contribution < 1.29 is 5.11 Å². The summed E-state index contributed by atoms with van der Waals surface area (Å²) in [7, 11) is 0. The van der Waals surface area contributed by atoms with Gasteiger partial charge in [-0.25, -0.2) is 0 Å². The first-order valence-corrected chi connectivity index (χ1v) is 6.82. The number of benzene rings is 1. The molecule has 0 spiro atoms. The Balaban J connectivity index is 2.10. The first-order chi connectivity index (χ1) is 7.66. The third-order valence-electron chi connectivity index (χ3n) is 2.90. The smallest absolute Gasteiger partial charge is 0.0662 e. The fourth-order valence-corrected chi connectivity index (χ4v) is 3.53. The fraction of sp³-hybridized carbons (Fsp3) is 0.500. The lowest BCUT2D eigenvalue weighted by Gasteiger charge is -2.27. The molecule has 0 amide bonds. The minimum absolute atomic E-state index is 0.212. The van der Waals surface area contributed by atoms with Crippen molar-refractivity contribution in [2.75, 3.05) is 5.73 Å². The van der Waals surface area contributed by atoms with E-state index in [4.69, 9.17) is 17.3 Å². The van der Waals surface area contributed by atoms with Gasteiger partial charge in [-0.3, -0.25) is 0 Å². The van der Waals surface area contributed by atoms with Gasteiger partial charge in [-0.1, -0.05) is 24.4 Å². The van der Waals surface area contributed by atoms with Gasteiger partial charge in [-0.05, 0) is 31.0 Å². The van der Waals surface area contributed by atoms with Gasteiger partial charge in [0, 0.05) is 15.8 Å². The molecule has 3 N–H and O–H groups in total. The molecule has 0 heterocycles. The monoisotopic (exact) mass is 257 g/mol. The molecule has 1 saturated carbocycles. The Bertz CT molecular complexity index is 372. The van der Waals surface area contributed by atoms with Crippen LogP contribution in [0.1, 0.15) is 25.7 Å². The number of rotatable bonds is 2. The van der Waals surface area contributed by atoms with Crippen LogP contribution in [-0.2, 0) is 0 Å². The van der Waals surface area contributed by atoms with Crippen molar-refractivity contribution in [3.8, 4) is 0 Å². The van der Waals surface area contributed by atoms with Crippen molar-refractivity contribution >= 4 is 29.1 Å². The van der Waals surface area contributed by atoms with Gasteiger partial charge in [0.1, 0.15) is 0 Å². The van der Waals surface area contributed by atoms with Crippen molar-refractivity contribution in [3.05, 3.63) is 23.2 Å². The second kappa shape index (κ2) is 5.30. The van der Waals surface area contributed by atoms with E-state index in [9.17, 15) is 5.11 Å². The van der Waals surface area contributed by atoms with Crippen LogP contribution >= 0.6 is 23.4 Å². The molecule has 0 radical (unpaired) electrons. The molecule has 0 bridgehead atoms. The van der Waals surface area contributed by atoms with E-state index in [0.29, 0.717) is 0 Å². The Morgan fingerprint density at radius 2 is 2.06 bits per heavy atom. The number of nitrogen functional groups attached to an aromatic ring is 1. The number of halogens is 1. The number of nitrogens with two attached hydrogens (primary N) is 1. The van der Waals surface area contributed by atoms with E-state index in [0.717, 1.165) is 34.9 Å². The van der Waals surface area contributed by atoms with E-state index in [-0.39, 0.29) is 11.4 Å². The Morgan fingerprint density at radius 1 is 1.31 bits per heavy atom. The minimum Gasteiger partial charge on any atom is -0.399 e. The molecule has 2 nitrogen and oxygen atoms in total. The third kappa shape index (κ3) is 2.84. The Hall–Kier alpha value is -0.380. The Morgan fingerprint density at radius 3 is 2.81 bits per heavy atom. The fourth-order valence-electron chi connectivity index (χ4n) is 1.99. The molecule has 0 aromatic heterocycles. The second-order valence-electron chi connectivity index (χ2n) is 4.20. The molecule has 1 aromatic carbocycles. The summed E-state index contributed by atoms with van der Waals surface area (Å²) < 4.78 is 0. The molecular weight excluding hydrogens is 242 g/mol. The molecule has 2 rings (SSSR count). The van der Waals surface area contributed by atoms with Crippen LogP contribution in [0.15, 0.2) is 23.1 Å². The molecule has 16 heavy (non-hydrogen) atoms. The summed E-state index contributed by atoms with van der Waals surface area (Å²) in [5.41, 5.74) is 6.45. The second-order valence-corrected chi connectivity index (χ2v) is 5.89. The Labute approximate surface area is 105 Å². The van der Waals surface area contributed by atoms with Crippen LogP contribution < -0.4 is 5.73 Å². The summed E-state index contributed by atoms with van der Waals surface area (Å²) in [5, 5.41) is 10.9. The molecule has 0 saturated heterocycles. The lowest BCUT2D eigenvalue weighted by Crippen LogP contribution is -2.26. The minimum atomic E-state index is -0.212. The number of hydrogen-bond donors (Lipinski definition) is 2. The van der Waals surface area contributed by atoms with E-state index in [1.807, 2.05) is 12.1 Å². The van der Waals surface area contributed by atoms with Crippen LogP contribution in [0.25, 0.3) is 0 Å². The molecular formula is C12H16ClNOS. The summed E-state index contributed by atoms with van der Waals surface area (Å²) in [4.78, 5) is 0.979. The van der Waals surface area contributed by atoms with Gasteiger partial charge in [0.2, 0.25) is 0 Å². The third-order valence-corrected chi connectivity index (χ3v) is 4.79. The van der Waals surface area contributed by atoms with Crippen LogP contribution in [0.5, 0.6) is 0 Å². The average Bonchev–Trinajstić information content (AvgIpc) is 2.27. The van der Waals surface area contributed by atoms with Crippen molar-refractivity contribution in [3.63, 3.8) is 0 Å². The first kappa shape index (κ1) is 12.1. The quantitative estimate of drug-likeness (QED) is 0.799. The lowest BCUT2D eigenvalue weighted by atomic mass is 9.97. The molecule has 4 heteroatoms. The maximum absolute atomic E-state index is 9.90. The van der Waals surface area contributed by atoms with Gasteiger partial charge < -0.3 is 10.8 Å². The maximum atomic E-state index is 9.90. The first-order valence-electron chi connectivity index (χ1n) is 5.56. The Kier molecular flexibility index (Phi) is 4.00. The number of aliphatic hydroxyl groups is 1. The molecule has 2 unspecified atom stereocenters.